The molecule has 20 heavy (non-hydrogen) atoms. The molecule has 4 heteroatoms. The van der Waals surface area contributed by atoms with E-state index in [0.29, 0.717) is 22.9 Å². The Kier molecular flexibility index (Phi) is 5.01. The van der Waals surface area contributed by atoms with Crippen LogP contribution < -0.4 is 4.74 Å². The van der Waals surface area contributed by atoms with Gasteiger partial charge in [0.25, 0.3) is 0 Å². The van der Waals surface area contributed by atoms with E-state index >= 15 is 0 Å². The Morgan fingerprint density at radius 3 is 2.55 bits per heavy atom. The van der Waals surface area contributed by atoms with E-state index in [1.165, 1.54) is 0 Å². The van der Waals surface area contributed by atoms with Crippen molar-refractivity contribution < 1.29 is 14.9 Å². The molecular formula is C16H17ClO3. The van der Waals surface area contributed by atoms with Crippen LogP contribution in [-0.4, -0.2) is 16.8 Å². The molecule has 2 aromatic carbocycles. The monoisotopic (exact) mass is 292 g/mol. The van der Waals surface area contributed by atoms with Gasteiger partial charge in [0.15, 0.2) is 0 Å². The van der Waals surface area contributed by atoms with E-state index in [0.717, 1.165) is 11.1 Å². The number of aliphatic hydroxyl groups is 2. The van der Waals surface area contributed by atoms with E-state index < -0.39 is 6.10 Å². The van der Waals surface area contributed by atoms with Gasteiger partial charge in [-0.2, -0.15) is 0 Å². The second kappa shape index (κ2) is 6.75. The number of para-hydroxylation sites is 1. The van der Waals surface area contributed by atoms with Gasteiger partial charge in [-0.25, -0.2) is 0 Å². The van der Waals surface area contributed by atoms with Crippen LogP contribution >= 0.6 is 11.6 Å². The molecule has 0 aliphatic rings. The molecule has 0 bridgehead atoms. The lowest BCUT2D eigenvalue weighted by atomic mass is 10.1. The van der Waals surface area contributed by atoms with Crippen LogP contribution in [0.3, 0.4) is 0 Å². The van der Waals surface area contributed by atoms with E-state index in [9.17, 15) is 5.11 Å². The van der Waals surface area contributed by atoms with Crippen molar-refractivity contribution in [3.8, 4) is 11.5 Å². The number of aliphatic hydroxyl groups excluding tert-OH is 2. The van der Waals surface area contributed by atoms with E-state index in [2.05, 4.69) is 0 Å². The second-order valence-electron chi connectivity index (χ2n) is 4.55. The molecule has 2 rings (SSSR count). The first-order chi connectivity index (χ1) is 9.61. The van der Waals surface area contributed by atoms with Crippen LogP contribution in [0.4, 0.5) is 0 Å². The van der Waals surface area contributed by atoms with E-state index in [4.69, 9.17) is 21.4 Å². The van der Waals surface area contributed by atoms with E-state index in [1.54, 1.807) is 25.1 Å². The Bertz CT molecular complexity index is 582. The average molecular weight is 293 g/mol. The largest absolute Gasteiger partial charge is 0.456 e. The number of hydrogen-bond acceptors (Lipinski definition) is 3. The summed E-state index contributed by atoms with van der Waals surface area (Å²) in [6, 6.07) is 12.7. The summed E-state index contributed by atoms with van der Waals surface area (Å²) in [6.07, 6.45) is -0.0391. The molecule has 0 fully saturated rings. The van der Waals surface area contributed by atoms with Gasteiger partial charge in [0, 0.05) is 6.61 Å². The highest BCUT2D eigenvalue weighted by molar-refractivity contribution is 6.32. The molecule has 0 radical (unpaired) electrons. The lowest BCUT2D eigenvalue weighted by Crippen LogP contribution is -1.96. The van der Waals surface area contributed by atoms with Crippen LogP contribution in [0.1, 0.15) is 24.2 Å². The fraction of sp³-hybridized carbons (Fsp3) is 0.250. The van der Waals surface area contributed by atoms with Crippen LogP contribution in [-0.2, 0) is 6.42 Å². The summed E-state index contributed by atoms with van der Waals surface area (Å²) in [7, 11) is 0. The molecular weight excluding hydrogens is 276 g/mol. The summed E-state index contributed by atoms with van der Waals surface area (Å²) in [5.74, 6) is 1.20. The van der Waals surface area contributed by atoms with Crippen LogP contribution in [0.2, 0.25) is 5.02 Å². The molecule has 0 saturated heterocycles. The summed E-state index contributed by atoms with van der Waals surface area (Å²) in [4.78, 5) is 0. The highest BCUT2D eigenvalue weighted by Crippen LogP contribution is 2.33. The summed E-state index contributed by atoms with van der Waals surface area (Å²) in [6.45, 7) is 1.75. The summed E-state index contributed by atoms with van der Waals surface area (Å²) < 4.78 is 5.80. The van der Waals surface area contributed by atoms with Crippen molar-refractivity contribution in [1.29, 1.82) is 0 Å². The first-order valence-corrected chi connectivity index (χ1v) is 6.83. The maximum Gasteiger partial charge on any atom is 0.146 e. The quantitative estimate of drug-likeness (QED) is 0.883. The lowest BCUT2D eigenvalue weighted by molar-refractivity contribution is 0.199. The molecule has 106 valence electrons. The van der Waals surface area contributed by atoms with Crippen LogP contribution in [0.15, 0.2) is 42.5 Å². The highest BCUT2D eigenvalue weighted by atomic mass is 35.5. The number of benzene rings is 2. The average Bonchev–Trinajstić information content (AvgIpc) is 2.43. The first kappa shape index (κ1) is 14.9. The zero-order valence-electron chi connectivity index (χ0n) is 11.2. The molecule has 0 aliphatic carbocycles. The molecule has 0 amide bonds. The van der Waals surface area contributed by atoms with Gasteiger partial charge in [-0.1, -0.05) is 35.9 Å². The van der Waals surface area contributed by atoms with Gasteiger partial charge in [0.2, 0.25) is 0 Å². The highest BCUT2D eigenvalue weighted by Gasteiger charge is 2.09. The minimum atomic E-state index is -0.566. The third-order valence-electron chi connectivity index (χ3n) is 3.01. The van der Waals surface area contributed by atoms with Gasteiger partial charge >= 0.3 is 0 Å². The number of hydrogen-bond donors (Lipinski definition) is 2. The lowest BCUT2D eigenvalue weighted by Gasteiger charge is -2.13. The predicted molar refractivity (Wildman–Crippen MR) is 79.4 cm³/mol. The molecule has 0 heterocycles. The molecule has 0 aromatic heterocycles. The Morgan fingerprint density at radius 1 is 1.15 bits per heavy atom. The van der Waals surface area contributed by atoms with E-state index in [-0.39, 0.29) is 6.61 Å². The van der Waals surface area contributed by atoms with Crippen molar-refractivity contribution in [2.24, 2.45) is 0 Å². The maximum atomic E-state index is 9.52. The zero-order chi connectivity index (χ0) is 14.5. The smallest absolute Gasteiger partial charge is 0.146 e. The topological polar surface area (TPSA) is 49.7 Å². The Morgan fingerprint density at radius 2 is 1.90 bits per heavy atom. The molecule has 1 atom stereocenters. The van der Waals surface area contributed by atoms with Crippen molar-refractivity contribution in [2.75, 3.05) is 6.61 Å². The fourth-order valence-electron chi connectivity index (χ4n) is 1.91. The van der Waals surface area contributed by atoms with Crippen LogP contribution in [0, 0.1) is 0 Å². The first-order valence-electron chi connectivity index (χ1n) is 6.46. The molecule has 0 saturated carbocycles. The Balaban J connectivity index is 2.26. The maximum absolute atomic E-state index is 9.52. The third-order valence-corrected chi connectivity index (χ3v) is 3.31. The summed E-state index contributed by atoms with van der Waals surface area (Å²) in [5, 5.41) is 19.0. The minimum Gasteiger partial charge on any atom is -0.456 e. The van der Waals surface area contributed by atoms with Crippen LogP contribution in [0.25, 0.3) is 0 Å². The van der Waals surface area contributed by atoms with Gasteiger partial charge in [0.1, 0.15) is 11.5 Å². The van der Waals surface area contributed by atoms with Crippen molar-refractivity contribution in [3.63, 3.8) is 0 Å². The molecule has 2 aromatic rings. The molecule has 3 nitrogen and oxygen atoms in total. The number of halogens is 1. The molecule has 0 unspecified atom stereocenters. The van der Waals surface area contributed by atoms with Gasteiger partial charge < -0.3 is 14.9 Å². The SMILES string of the molecule is C[C@H](O)c1ccc(Oc2ccccc2CCO)c(Cl)c1. The van der Waals surface area contributed by atoms with Gasteiger partial charge in [-0.3, -0.25) is 0 Å². The Labute approximate surface area is 123 Å². The summed E-state index contributed by atoms with van der Waals surface area (Å²) >= 11 is 6.17. The normalized spacial score (nSPS) is 12.2. The van der Waals surface area contributed by atoms with E-state index in [1.807, 2.05) is 24.3 Å². The van der Waals surface area contributed by atoms with Crippen molar-refractivity contribution in [2.45, 2.75) is 19.4 Å². The Hall–Kier alpha value is -1.55. The number of rotatable bonds is 5. The molecule has 2 N–H and O–H groups in total. The van der Waals surface area contributed by atoms with Gasteiger partial charge in [0.05, 0.1) is 11.1 Å². The van der Waals surface area contributed by atoms with Gasteiger partial charge in [-0.05, 0) is 42.7 Å². The van der Waals surface area contributed by atoms with Crippen molar-refractivity contribution >= 4 is 11.6 Å². The molecule has 0 aliphatic heterocycles. The van der Waals surface area contributed by atoms with Crippen molar-refractivity contribution in [3.05, 3.63) is 58.6 Å². The second-order valence-corrected chi connectivity index (χ2v) is 4.96. The van der Waals surface area contributed by atoms with Gasteiger partial charge in [-0.15, -0.1) is 0 Å². The molecule has 0 spiro atoms. The summed E-state index contributed by atoms with van der Waals surface area (Å²) in [5.41, 5.74) is 1.66. The number of ether oxygens (including phenoxy) is 1. The van der Waals surface area contributed by atoms with Crippen molar-refractivity contribution in [1.82, 2.24) is 0 Å². The predicted octanol–water partition coefficient (Wildman–Crippen LogP) is 3.72. The zero-order valence-corrected chi connectivity index (χ0v) is 12.0. The standard InChI is InChI=1S/C16H17ClO3/c1-11(19)13-6-7-16(14(17)10-13)20-15-5-3-2-4-12(15)8-9-18/h2-7,10-11,18-19H,8-9H2,1H3/t11-/m0/s1. The fourth-order valence-corrected chi connectivity index (χ4v) is 2.14. The minimum absolute atomic E-state index is 0.0646. The third kappa shape index (κ3) is 3.51. The van der Waals surface area contributed by atoms with Crippen LogP contribution in [0.5, 0.6) is 11.5 Å².